The smallest absolute Gasteiger partial charge is 0.254 e. The fourth-order valence-corrected chi connectivity index (χ4v) is 1.91. The van der Waals surface area contributed by atoms with E-state index in [4.69, 9.17) is 5.73 Å². The molecule has 0 unspecified atom stereocenters. The molecule has 0 heterocycles. The van der Waals surface area contributed by atoms with Crippen molar-refractivity contribution in [2.75, 3.05) is 31.9 Å². The number of halogens is 2. The number of benzene rings is 1. The van der Waals surface area contributed by atoms with E-state index in [1.54, 1.807) is 0 Å². The summed E-state index contributed by atoms with van der Waals surface area (Å²) in [6, 6.07) is 1.64. The fourth-order valence-electron chi connectivity index (χ4n) is 1.91. The molecule has 0 aliphatic rings. The molecule has 0 bridgehead atoms. The molecular formula is C14H21F2N3O. The highest BCUT2D eigenvalue weighted by atomic mass is 19.1. The largest absolute Gasteiger partial charge is 0.396 e. The molecule has 112 valence electrons. The fraction of sp³-hybridized carbons (Fsp3) is 0.500. The number of hydrogen-bond acceptors (Lipinski definition) is 3. The Balaban J connectivity index is 2.57. The van der Waals surface area contributed by atoms with Crippen LogP contribution < -0.4 is 11.1 Å². The van der Waals surface area contributed by atoms with Crippen molar-refractivity contribution < 1.29 is 13.6 Å². The van der Waals surface area contributed by atoms with Gasteiger partial charge in [0.25, 0.3) is 5.91 Å². The molecule has 0 aliphatic carbocycles. The van der Waals surface area contributed by atoms with Gasteiger partial charge in [-0.05, 0) is 25.6 Å². The second-order valence-electron chi connectivity index (χ2n) is 4.54. The van der Waals surface area contributed by atoms with Crippen LogP contribution in [-0.4, -0.2) is 37.0 Å². The number of anilines is 1. The number of amides is 1. The normalized spacial score (nSPS) is 10.8. The lowest BCUT2D eigenvalue weighted by molar-refractivity contribution is 0.0944. The van der Waals surface area contributed by atoms with Gasteiger partial charge in [-0.25, -0.2) is 8.78 Å². The minimum Gasteiger partial charge on any atom is -0.396 e. The van der Waals surface area contributed by atoms with Gasteiger partial charge in [0.2, 0.25) is 0 Å². The number of carbonyl (C=O) groups is 1. The van der Waals surface area contributed by atoms with Crippen LogP contribution in [0.5, 0.6) is 0 Å². The van der Waals surface area contributed by atoms with Crippen LogP contribution in [0.1, 0.15) is 30.6 Å². The SMILES string of the molecule is CCCN(CC)CCNC(=O)c1cc(N)c(F)cc1F. The van der Waals surface area contributed by atoms with Crippen molar-refractivity contribution in [2.45, 2.75) is 20.3 Å². The molecule has 0 spiro atoms. The number of nitrogens with two attached hydrogens (primary N) is 1. The van der Waals surface area contributed by atoms with Gasteiger partial charge in [-0.15, -0.1) is 0 Å². The Morgan fingerprint density at radius 1 is 1.25 bits per heavy atom. The van der Waals surface area contributed by atoms with Gasteiger partial charge in [0, 0.05) is 19.2 Å². The molecule has 0 aliphatic heterocycles. The first-order chi connectivity index (χ1) is 9.49. The predicted octanol–water partition coefficient (Wildman–Crippen LogP) is 2.01. The van der Waals surface area contributed by atoms with E-state index in [9.17, 15) is 13.6 Å². The van der Waals surface area contributed by atoms with E-state index >= 15 is 0 Å². The van der Waals surface area contributed by atoms with Crippen LogP contribution in [0.2, 0.25) is 0 Å². The minimum atomic E-state index is -0.907. The molecule has 0 atom stereocenters. The molecule has 3 N–H and O–H groups in total. The quantitative estimate of drug-likeness (QED) is 0.753. The Morgan fingerprint density at radius 2 is 1.95 bits per heavy atom. The van der Waals surface area contributed by atoms with Crippen LogP contribution in [0.3, 0.4) is 0 Å². The van der Waals surface area contributed by atoms with Crippen molar-refractivity contribution in [1.29, 1.82) is 0 Å². The maximum absolute atomic E-state index is 13.5. The topological polar surface area (TPSA) is 58.4 Å². The van der Waals surface area contributed by atoms with Crippen LogP contribution in [-0.2, 0) is 0 Å². The van der Waals surface area contributed by atoms with Crippen LogP contribution in [0.25, 0.3) is 0 Å². The maximum Gasteiger partial charge on any atom is 0.254 e. The predicted molar refractivity (Wildman–Crippen MR) is 75.5 cm³/mol. The molecule has 1 rings (SSSR count). The van der Waals surface area contributed by atoms with Crippen molar-refractivity contribution in [3.63, 3.8) is 0 Å². The molecule has 0 saturated heterocycles. The Kier molecular flexibility index (Phi) is 6.38. The van der Waals surface area contributed by atoms with Gasteiger partial charge in [-0.3, -0.25) is 4.79 Å². The van der Waals surface area contributed by atoms with Crippen LogP contribution in [0.4, 0.5) is 14.5 Å². The Hall–Kier alpha value is -1.69. The highest BCUT2D eigenvalue weighted by Gasteiger charge is 2.14. The number of nitrogen functional groups attached to an aromatic ring is 1. The zero-order valence-electron chi connectivity index (χ0n) is 11.9. The summed E-state index contributed by atoms with van der Waals surface area (Å²) in [5.74, 6) is -2.35. The zero-order chi connectivity index (χ0) is 15.1. The zero-order valence-corrected chi connectivity index (χ0v) is 11.9. The maximum atomic E-state index is 13.5. The second-order valence-corrected chi connectivity index (χ2v) is 4.54. The number of nitrogens with one attached hydrogen (secondary N) is 1. The molecule has 1 aromatic rings. The average Bonchev–Trinajstić information content (AvgIpc) is 2.41. The number of likely N-dealkylation sites (N-methyl/N-ethyl adjacent to an activating group) is 1. The summed E-state index contributed by atoms with van der Waals surface area (Å²) in [7, 11) is 0. The number of hydrogen-bond donors (Lipinski definition) is 2. The highest BCUT2D eigenvalue weighted by Crippen LogP contribution is 2.16. The van der Waals surface area contributed by atoms with E-state index in [2.05, 4.69) is 17.1 Å². The van der Waals surface area contributed by atoms with Gasteiger partial charge in [-0.2, -0.15) is 0 Å². The molecule has 6 heteroatoms. The van der Waals surface area contributed by atoms with E-state index in [0.29, 0.717) is 19.2 Å². The number of carbonyl (C=O) groups excluding carboxylic acids is 1. The van der Waals surface area contributed by atoms with E-state index in [1.807, 2.05) is 6.92 Å². The number of rotatable bonds is 7. The molecule has 0 saturated carbocycles. The average molecular weight is 285 g/mol. The van der Waals surface area contributed by atoms with Gasteiger partial charge >= 0.3 is 0 Å². The first kappa shape index (κ1) is 16.4. The first-order valence-electron chi connectivity index (χ1n) is 6.74. The monoisotopic (exact) mass is 285 g/mol. The minimum absolute atomic E-state index is 0.234. The van der Waals surface area contributed by atoms with Crippen molar-refractivity contribution in [3.05, 3.63) is 29.3 Å². The third-order valence-corrected chi connectivity index (χ3v) is 3.03. The summed E-state index contributed by atoms with van der Waals surface area (Å²) in [5, 5.41) is 2.61. The van der Waals surface area contributed by atoms with Crippen molar-refractivity contribution in [2.24, 2.45) is 0 Å². The molecule has 1 amide bonds. The van der Waals surface area contributed by atoms with Crippen molar-refractivity contribution in [3.8, 4) is 0 Å². The Bertz CT molecular complexity index is 466. The molecule has 0 fully saturated rings. The van der Waals surface area contributed by atoms with E-state index < -0.39 is 17.5 Å². The summed E-state index contributed by atoms with van der Waals surface area (Å²) in [4.78, 5) is 14.0. The second kappa shape index (κ2) is 7.79. The van der Waals surface area contributed by atoms with E-state index in [-0.39, 0.29) is 11.3 Å². The molecule has 0 aromatic heterocycles. The lowest BCUT2D eigenvalue weighted by atomic mass is 10.1. The Labute approximate surface area is 117 Å². The molecule has 0 radical (unpaired) electrons. The van der Waals surface area contributed by atoms with Gasteiger partial charge in [-0.1, -0.05) is 13.8 Å². The van der Waals surface area contributed by atoms with Crippen LogP contribution in [0, 0.1) is 11.6 Å². The van der Waals surface area contributed by atoms with Gasteiger partial charge in [0.15, 0.2) is 0 Å². The lowest BCUT2D eigenvalue weighted by Crippen LogP contribution is -2.35. The van der Waals surface area contributed by atoms with E-state index in [0.717, 1.165) is 25.6 Å². The van der Waals surface area contributed by atoms with Crippen LogP contribution >= 0.6 is 0 Å². The van der Waals surface area contributed by atoms with E-state index in [1.165, 1.54) is 0 Å². The summed E-state index contributed by atoms with van der Waals surface area (Å²) < 4.78 is 26.5. The van der Waals surface area contributed by atoms with Crippen molar-refractivity contribution >= 4 is 11.6 Å². The van der Waals surface area contributed by atoms with Gasteiger partial charge < -0.3 is 16.0 Å². The molecule has 4 nitrogen and oxygen atoms in total. The van der Waals surface area contributed by atoms with Gasteiger partial charge in [0.1, 0.15) is 11.6 Å². The molecule has 20 heavy (non-hydrogen) atoms. The first-order valence-corrected chi connectivity index (χ1v) is 6.74. The summed E-state index contributed by atoms with van der Waals surface area (Å²) in [6.07, 6.45) is 1.03. The molecule has 1 aromatic carbocycles. The summed E-state index contributed by atoms with van der Waals surface area (Å²) in [5.41, 5.74) is 4.86. The lowest BCUT2D eigenvalue weighted by Gasteiger charge is -2.19. The van der Waals surface area contributed by atoms with Gasteiger partial charge in [0.05, 0.1) is 11.3 Å². The summed E-state index contributed by atoms with van der Waals surface area (Å²) >= 11 is 0. The third-order valence-electron chi connectivity index (χ3n) is 3.03. The third kappa shape index (κ3) is 4.45. The van der Waals surface area contributed by atoms with Crippen LogP contribution in [0.15, 0.2) is 12.1 Å². The Morgan fingerprint density at radius 3 is 2.55 bits per heavy atom. The van der Waals surface area contributed by atoms with Crippen molar-refractivity contribution in [1.82, 2.24) is 10.2 Å². The number of nitrogens with zero attached hydrogens (tertiary/aromatic N) is 1. The highest BCUT2D eigenvalue weighted by molar-refractivity contribution is 5.95. The standard InChI is InChI=1S/C14H21F2N3O/c1-3-6-19(4-2)7-5-18-14(20)10-8-13(17)12(16)9-11(10)15/h8-9H,3-7,17H2,1-2H3,(H,18,20). The molecular weight excluding hydrogens is 264 g/mol. The summed E-state index contributed by atoms with van der Waals surface area (Å²) in [6.45, 7) is 7.05.